The molecule has 1 aliphatic heterocycles. The van der Waals surface area contributed by atoms with Gasteiger partial charge in [0.05, 0.1) is 10.6 Å². The van der Waals surface area contributed by atoms with Crippen LogP contribution in [0.25, 0.3) is 10.8 Å². The molecule has 0 aliphatic carbocycles. The minimum Gasteiger partial charge on any atom is -0.440 e. The van der Waals surface area contributed by atoms with Crippen molar-refractivity contribution in [2.45, 2.75) is 26.8 Å². The summed E-state index contributed by atoms with van der Waals surface area (Å²) in [6.45, 7) is 7.93. The molecular weight excluding hydrogens is 298 g/mol. The van der Waals surface area contributed by atoms with Crippen LogP contribution in [0.2, 0.25) is 0 Å². The summed E-state index contributed by atoms with van der Waals surface area (Å²) in [5, 5.41) is 2.03. The van der Waals surface area contributed by atoms with Crippen LogP contribution in [-0.4, -0.2) is 46.9 Å². The molecule has 0 spiro atoms. The van der Waals surface area contributed by atoms with Crippen LogP contribution in [0.5, 0.6) is 0 Å². The third-order valence-electron chi connectivity index (χ3n) is 4.03. The Bertz CT molecular complexity index is 636. The minimum atomic E-state index is 0.166. The van der Waals surface area contributed by atoms with Crippen molar-refractivity contribution in [2.24, 2.45) is 0 Å². The maximum absolute atomic E-state index is 11.5. The maximum Gasteiger partial charge on any atom is 0.236 e. The Morgan fingerprint density at radius 2 is 2.23 bits per heavy atom. The summed E-state index contributed by atoms with van der Waals surface area (Å²) in [5.74, 6) is 1.76. The Labute approximate surface area is 134 Å². The number of carbonyl (C=O) groups excluding carboxylic acids is 1. The van der Waals surface area contributed by atoms with E-state index in [1.165, 1.54) is 0 Å². The quantitative estimate of drug-likeness (QED) is 0.873. The molecule has 3 rings (SSSR count). The van der Waals surface area contributed by atoms with Crippen molar-refractivity contribution in [3.63, 3.8) is 0 Å². The average molecular weight is 319 g/mol. The fraction of sp³-hybridized carbons (Fsp3) is 0.500. The molecular formula is C16H21N3O2S. The van der Waals surface area contributed by atoms with Gasteiger partial charge in [0.25, 0.3) is 0 Å². The van der Waals surface area contributed by atoms with Crippen molar-refractivity contribution in [2.75, 3.05) is 26.2 Å². The number of nitrogens with zero attached hydrogens (tertiary/aromatic N) is 3. The van der Waals surface area contributed by atoms with E-state index in [1.807, 2.05) is 29.3 Å². The first-order valence-electron chi connectivity index (χ1n) is 7.61. The second-order valence-electron chi connectivity index (χ2n) is 5.63. The second-order valence-corrected chi connectivity index (χ2v) is 6.58. The molecule has 5 nitrogen and oxygen atoms in total. The first kappa shape index (κ1) is 15.2. The minimum absolute atomic E-state index is 0.166. The lowest BCUT2D eigenvalue weighted by Gasteiger charge is -2.20. The molecule has 0 radical (unpaired) electrons. The first-order valence-corrected chi connectivity index (χ1v) is 8.49. The predicted octanol–water partition coefficient (Wildman–Crippen LogP) is 2.77. The van der Waals surface area contributed by atoms with Gasteiger partial charge in [-0.2, -0.15) is 0 Å². The Kier molecular flexibility index (Phi) is 4.59. The number of hydrogen-bond donors (Lipinski definition) is 0. The maximum atomic E-state index is 11.5. The van der Waals surface area contributed by atoms with E-state index in [1.54, 1.807) is 18.3 Å². The van der Waals surface area contributed by atoms with Crippen LogP contribution in [0, 0.1) is 6.92 Å². The molecule has 1 fully saturated rings. The molecule has 1 aliphatic rings. The van der Waals surface area contributed by atoms with Crippen molar-refractivity contribution >= 4 is 17.2 Å². The molecule has 6 heteroatoms. The fourth-order valence-corrected chi connectivity index (χ4v) is 3.39. The van der Waals surface area contributed by atoms with Gasteiger partial charge in [-0.3, -0.25) is 9.69 Å². The Morgan fingerprint density at radius 3 is 2.95 bits per heavy atom. The van der Waals surface area contributed by atoms with E-state index in [-0.39, 0.29) is 5.91 Å². The molecule has 118 valence electrons. The number of aryl methyl sites for hydroxylation is 1. The number of aromatic nitrogens is 1. The summed E-state index contributed by atoms with van der Waals surface area (Å²) >= 11 is 1.64. The largest absolute Gasteiger partial charge is 0.440 e. The molecule has 0 bridgehead atoms. The summed E-state index contributed by atoms with van der Waals surface area (Å²) in [6.07, 6.45) is 1.01. The molecule has 2 aromatic heterocycles. The third-order valence-corrected chi connectivity index (χ3v) is 4.89. The Hall–Kier alpha value is -1.66. The van der Waals surface area contributed by atoms with Gasteiger partial charge >= 0.3 is 0 Å². The van der Waals surface area contributed by atoms with Gasteiger partial charge in [0.1, 0.15) is 5.76 Å². The first-order chi connectivity index (χ1) is 10.6. The van der Waals surface area contributed by atoms with Crippen LogP contribution in [0.3, 0.4) is 0 Å². The SMILES string of the molecule is CC(=O)N1CCCN(Cc2nc(-c3cccs3)oc2C)CC1. The van der Waals surface area contributed by atoms with Crippen LogP contribution in [0.4, 0.5) is 0 Å². The van der Waals surface area contributed by atoms with E-state index in [0.717, 1.165) is 55.5 Å². The zero-order valence-electron chi connectivity index (χ0n) is 13.0. The highest BCUT2D eigenvalue weighted by atomic mass is 32.1. The Balaban J connectivity index is 1.67. The smallest absolute Gasteiger partial charge is 0.236 e. The van der Waals surface area contributed by atoms with Crippen LogP contribution >= 0.6 is 11.3 Å². The highest BCUT2D eigenvalue weighted by Gasteiger charge is 2.19. The highest BCUT2D eigenvalue weighted by Crippen LogP contribution is 2.26. The lowest BCUT2D eigenvalue weighted by atomic mass is 10.3. The van der Waals surface area contributed by atoms with Gasteiger partial charge in [-0.1, -0.05) is 6.07 Å². The number of hydrogen-bond acceptors (Lipinski definition) is 5. The molecule has 0 unspecified atom stereocenters. The highest BCUT2D eigenvalue weighted by molar-refractivity contribution is 7.13. The third kappa shape index (κ3) is 3.39. The van der Waals surface area contributed by atoms with Crippen LogP contribution < -0.4 is 0 Å². The van der Waals surface area contributed by atoms with Gasteiger partial charge in [0, 0.05) is 39.6 Å². The summed E-state index contributed by atoms with van der Waals surface area (Å²) < 4.78 is 5.80. The number of oxazole rings is 1. The second kappa shape index (κ2) is 6.62. The van der Waals surface area contributed by atoms with Crippen molar-refractivity contribution in [3.8, 4) is 10.8 Å². The van der Waals surface area contributed by atoms with Gasteiger partial charge < -0.3 is 9.32 Å². The normalized spacial score (nSPS) is 16.7. The summed E-state index contributed by atoms with van der Waals surface area (Å²) in [5.41, 5.74) is 1.000. The van der Waals surface area contributed by atoms with E-state index < -0.39 is 0 Å². The van der Waals surface area contributed by atoms with Gasteiger partial charge in [-0.25, -0.2) is 4.98 Å². The monoisotopic (exact) mass is 319 g/mol. The van der Waals surface area contributed by atoms with E-state index in [2.05, 4.69) is 9.88 Å². The molecule has 0 aromatic carbocycles. The van der Waals surface area contributed by atoms with Crippen molar-refractivity contribution < 1.29 is 9.21 Å². The summed E-state index contributed by atoms with van der Waals surface area (Å²) in [6, 6.07) is 4.03. The van der Waals surface area contributed by atoms with E-state index in [0.29, 0.717) is 5.89 Å². The van der Waals surface area contributed by atoms with E-state index in [4.69, 9.17) is 4.42 Å². The molecule has 0 saturated carbocycles. The molecule has 0 N–H and O–H groups in total. The van der Waals surface area contributed by atoms with Crippen molar-refractivity contribution in [1.29, 1.82) is 0 Å². The number of carbonyl (C=O) groups is 1. The molecule has 0 atom stereocenters. The molecule has 1 saturated heterocycles. The van der Waals surface area contributed by atoms with E-state index >= 15 is 0 Å². The van der Waals surface area contributed by atoms with Crippen LogP contribution in [0.1, 0.15) is 24.8 Å². The molecule has 1 amide bonds. The lowest BCUT2D eigenvalue weighted by molar-refractivity contribution is -0.128. The average Bonchev–Trinajstić information content (AvgIpc) is 3.05. The number of amides is 1. The zero-order valence-corrected chi connectivity index (χ0v) is 13.9. The van der Waals surface area contributed by atoms with E-state index in [9.17, 15) is 4.79 Å². The number of thiophene rings is 1. The van der Waals surface area contributed by atoms with Gasteiger partial charge in [0.15, 0.2) is 0 Å². The zero-order chi connectivity index (χ0) is 15.5. The van der Waals surface area contributed by atoms with Gasteiger partial charge in [0.2, 0.25) is 11.8 Å². The van der Waals surface area contributed by atoms with Gasteiger partial charge in [-0.05, 0) is 24.8 Å². The van der Waals surface area contributed by atoms with Gasteiger partial charge in [-0.15, -0.1) is 11.3 Å². The topological polar surface area (TPSA) is 49.6 Å². The van der Waals surface area contributed by atoms with Crippen LogP contribution in [0.15, 0.2) is 21.9 Å². The standard InChI is InChI=1S/C16H21N3O2S/c1-12-14(17-16(21-12)15-5-3-10-22-15)11-18-6-4-7-19(9-8-18)13(2)20/h3,5,10H,4,6-9,11H2,1-2H3. The summed E-state index contributed by atoms with van der Waals surface area (Å²) in [7, 11) is 0. The van der Waals surface area contributed by atoms with Crippen molar-refractivity contribution in [3.05, 3.63) is 29.0 Å². The fourth-order valence-electron chi connectivity index (χ4n) is 2.74. The lowest BCUT2D eigenvalue weighted by Crippen LogP contribution is -2.33. The number of rotatable bonds is 3. The van der Waals surface area contributed by atoms with Crippen molar-refractivity contribution in [1.82, 2.24) is 14.8 Å². The molecule has 2 aromatic rings. The molecule has 3 heterocycles. The predicted molar refractivity (Wildman–Crippen MR) is 86.7 cm³/mol. The van der Waals surface area contributed by atoms with Crippen LogP contribution in [-0.2, 0) is 11.3 Å². The Morgan fingerprint density at radius 1 is 1.36 bits per heavy atom. The molecule has 22 heavy (non-hydrogen) atoms. The summed E-state index contributed by atoms with van der Waals surface area (Å²) in [4.78, 5) is 21.5.